The number of anilines is 1. The Morgan fingerprint density at radius 3 is 2.62 bits per heavy atom. The van der Waals surface area contributed by atoms with E-state index in [0.717, 1.165) is 17.1 Å². The van der Waals surface area contributed by atoms with Gasteiger partial charge in [0, 0.05) is 24.1 Å². The van der Waals surface area contributed by atoms with Crippen LogP contribution in [-0.4, -0.2) is 37.8 Å². The molecule has 1 atom stereocenters. The van der Waals surface area contributed by atoms with Crippen molar-refractivity contribution in [2.75, 3.05) is 11.9 Å². The van der Waals surface area contributed by atoms with Crippen LogP contribution in [0.2, 0.25) is 0 Å². The zero-order chi connectivity index (χ0) is 17.3. The average Bonchev–Trinajstić information content (AvgIpc) is 2.96. The second-order valence-electron chi connectivity index (χ2n) is 5.64. The molecule has 3 aromatic rings. The number of hydrogen-bond donors (Lipinski definition) is 0. The summed E-state index contributed by atoms with van der Waals surface area (Å²) in [7, 11) is 1.78. The minimum Gasteiger partial charge on any atom is -0.315 e. The Hall–Kier alpha value is -2.41. The highest BCUT2D eigenvalue weighted by atomic mass is 32.2. The summed E-state index contributed by atoms with van der Waals surface area (Å²) < 4.78 is 1.70. The maximum atomic E-state index is 12.6. The SMILES string of the molecule is Cc1cc(C)n2nc(SC(C)C(=O)N(C)c3ccccc3)nc2n1. The van der Waals surface area contributed by atoms with E-state index in [1.807, 2.05) is 57.2 Å². The van der Waals surface area contributed by atoms with Gasteiger partial charge < -0.3 is 4.90 Å². The molecule has 1 aromatic carbocycles. The fraction of sp³-hybridized carbons (Fsp3) is 0.294. The number of benzene rings is 1. The van der Waals surface area contributed by atoms with Gasteiger partial charge in [-0.25, -0.2) is 9.50 Å². The van der Waals surface area contributed by atoms with Crippen molar-refractivity contribution in [3.05, 3.63) is 47.8 Å². The van der Waals surface area contributed by atoms with Crippen molar-refractivity contribution in [3.63, 3.8) is 0 Å². The predicted molar refractivity (Wildman–Crippen MR) is 95.4 cm³/mol. The number of carbonyl (C=O) groups excluding carboxylic acids is 1. The van der Waals surface area contributed by atoms with Crippen molar-refractivity contribution in [1.82, 2.24) is 19.6 Å². The van der Waals surface area contributed by atoms with Gasteiger partial charge >= 0.3 is 0 Å². The normalized spacial score (nSPS) is 12.3. The molecule has 1 unspecified atom stereocenters. The summed E-state index contributed by atoms with van der Waals surface area (Å²) >= 11 is 1.34. The van der Waals surface area contributed by atoms with Crippen LogP contribution in [0.5, 0.6) is 0 Å². The zero-order valence-corrected chi connectivity index (χ0v) is 14.9. The van der Waals surface area contributed by atoms with E-state index in [9.17, 15) is 4.79 Å². The number of fused-ring (bicyclic) bond motifs is 1. The number of hydrogen-bond acceptors (Lipinski definition) is 5. The van der Waals surface area contributed by atoms with Gasteiger partial charge in [0.15, 0.2) is 0 Å². The number of amides is 1. The average molecular weight is 341 g/mol. The minimum atomic E-state index is -0.297. The van der Waals surface area contributed by atoms with Crippen LogP contribution < -0.4 is 4.90 Å². The van der Waals surface area contributed by atoms with Crippen molar-refractivity contribution < 1.29 is 4.79 Å². The number of aromatic nitrogens is 4. The van der Waals surface area contributed by atoms with E-state index in [1.54, 1.807) is 16.5 Å². The maximum absolute atomic E-state index is 12.6. The first-order valence-corrected chi connectivity index (χ1v) is 8.54. The van der Waals surface area contributed by atoms with Gasteiger partial charge in [-0.05, 0) is 39.0 Å². The zero-order valence-electron chi connectivity index (χ0n) is 14.1. The van der Waals surface area contributed by atoms with Crippen LogP contribution in [0.15, 0.2) is 41.6 Å². The molecular weight excluding hydrogens is 322 g/mol. The molecule has 124 valence electrons. The molecule has 0 spiro atoms. The van der Waals surface area contributed by atoms with Crippen molar-refractivity contribution in [3.8, 4) is 0 Å². The molecule has 0 aliphatic rings. The summed E-state index contributed by atoms with van der Waals surface area (Å²) in [6, 6.07) is 11.5. The molecule has 0 radical (unpaired) electrons. The van der Waals surface area contributed by atoms with Gasteiger partial charge in [0.1, 0.15) is 0 Å². The van der Waals surface area contributed by atoms with E-state index in [2.05, 4.69) is 15.1 Å². The highest BCUT2D eigenvalue weighted by molar-refractivity contribution is 8.00. The van der Waals surface area contributed by atoms with Crippen molar-refractivity contribution in [1.29, 1.82) is 0 Å². The lowest BCUT2D eigenvalue weighted by atomic mass is 10.3. The molecule has 0 saturated heterocycles. The Morgan fingerprint density at radius 2 is 1.92 bits per heavy atom. The van der Waals surface area contributed by atoms with E-state index < -0.39 is 0 Å². The third-order valence-electron chi connectivity index (χ3n) is 3.70. The first-order valence-electron chi connectivity index (χ1n) is 7.66. The summed E-state index contributed by atoms with van der Waals surface area (Å²) in [6.45, 7) is 5.75. The first kappa shape index (κ1) is 16.4. The molecule has 2 aromatic heterocycles. The third-order valence-corrected chi connectivity index (χ3v) is 4.64. The van der Waals surface area contributed by atoms with Crippen molar-refractivity contribution in [2.45, 2.75) is 31.2 Å². The van der Waals surface area contributed by atoms with Gasteiger partial charge in [-0.3, -0.25) is 4.79 Å². The van der Waals surface area contributed by atoms with Gasteiger partial charge in [-0.15, -0.1) is 5.10 Å². The second-order valence-corrected chi connectivity index (χ2v) is 6.95. The van der Waals surface area contributed by atoms with Crippen LogP contribution in [0, 0.1) is 13.8 Å². The van der Waals surface area contributed by atoms with E-state index in [4.69, 9.17) is 0 Å². The lowest BCUT2D eigenvalue weighted by Crippen LogP contribution is -2.33. The number of rotatable bonds is 4. The van der Waals surface area contributed by atoms with Gasteiger partial charge in [0.25, 0.3) is 5.78 Å². The van der Waals surface area contributed by atoms with Crippen LogP contribution in [0.3, 0.4) is 0 Å². The van der Waals surface area contributed by atoms with Gasteiger partial charge in [-0.1, -0.05) is 30.0 Å². The number of thioether (sulfide) groups is 1. The molecule has 7 heteroatoms. The fourth-order valence-electron chi connectivity index (χ4n) is 2.46. The van der Waals surface area contributed by atoms with E-state index in [-0.39, 0.29) is 11.2 Å². The standard InChI is InChI=1S/C17H19N5OS/c1-11-10-12(2)22-16(18-11)19-17(20-22)24-13(3)15(23)21(4)14-8-6-5-7-9-14/h5-10,13H,1-4H3. The number of carbonyl (C=O) groups is 1. The molecular formula is C17H19N5OS. The highest BCUT2D eigenvalue weighted by Crippen LogP contribution is 2.23. The largest absolute Gasteiger partial charge is 0.315 e. The Morgan fingerprint density at radius 1 is 1.21 bits per heavy atom. The number of para-hydroxylation sites is 1. The van der Waals surface area contributed by atoms with Gasteiger partial charge in [0.05, 0.1) is 5.25 Å². The Kier molecular flexibility index (Phi) is 4.53. The Bertz CT molecular complexity index is 877. The molecule has 3 rings (SSSR count). The maximum Gasteiger partial charge on any atom is 0.253 e. The van der Waals surface area contributed by atoms with E-state index in [1.165, 1.54) is 11.8 Å². The second kappa shape index (κ2) is 6.60. The van der Waals surface area contributed by atoms with Crippen LogP contribution in [0.25, 0.3) is 5.78 Å². The molecule has 0 aliphatic heterocycles. The Labute approximate surface area is 144 Å². The number of nitrogens with zero attached hydrogens (tertiary/aromatic N) is 5. The molecule has 0 saturated carbocycles. The first-order chi connectivity index (χ1) is 11.5. The molecule has 0 N–H and O–H groups in total. The highest BCUT2D eigenvalue weighted by Gasteiger charge is 2.22. The fourth-order valence-corrected chi connectivity index (χ4v) is 3.30. The third kappa shape index (κ3) is 3.26. The summed E-state index contributed by atoms with van der Waals surface area (Å²) in [5.74, 6) is 0.567. The smallest absolute Gasteiger partial charge is 0.253 e. The molecule has 0 bridgehead atoms. The number of aryl methyl sites for hydroxylation is 2. The van der Waals surface area contributed by atoms with Crippen LogP contribution in [0.4, 0.5) is 5.69 Å². The molecule has 6 nitrogen and oxygen atoms in total. The van der Waals surface area contributed by atoms with Gasteiger partial charge in [0.2, 0.25) is 11.1 Å². The molecule has 24 heavy (non-hydrogen) atoms. The topological polar surface area (TPSA) is 63.4 Å². The quantitative estimate of drug-likeness (QED) is 0.683. The van der Waals surface area contributed by atoms with Crippen LogP contribution >= 0.6 is 11.8 Å². The van der Waals surface area contributed by atoms with Crippen molar-refractivity contribution >= 4 is 29.1 Å². The minimum absolute atomic E-state index is 0.00548. The van der Waals surface area contributed by atoms with E-state index >= 15 is 0 Å². The van der Waals surface area contributed by atoms with Crippen LogP contribution in [-0.2, 0) is 4.79 Å². The molecule has 2 heterocycles. The van der Waals surface area contributed by atoms with Gasteiger partial charge in [-0.2, -0.15) is 4.98 Å². The summed E-state index contributed by atoms with van der Waals surface area (Å²) in [4.78, 5) is 23.1. The molecule has 0 fully saturated rings. The molecule has 0 aliphatic carbocycles. The van der Waals surface area contributed by atoms with Crippen molar-refractivity contribution in [2.24, 2.45) is 0 Å². The summed E-state index contributed by atoms with van der Waals surface area (Å²) in [5.41, 5.74) is 2.74. The summed E-state index contributed by atoms with van der Waals surface area (Å²) in [6.07, 6.45) is 0. The predicted octanol–water partition coefficient (Wildman–Crippen LogP) is 2.88. The lowest BCUT2D eigenvalue weighted by molar-refractivity contribution is -0.117. The monoisotopic (exact) mass is 341 g/mol. The van der Waals surface area contributed by atoms with Crippen LogP contribution in [0.1, 0.15) is 18.3 Å². The summed E-state index contributed by atoms with van der Waals surface area (Å²) in [5, 5.41) is 4.70. The molecule has 1 amide bonds. The van der Waals surface area contributed by atoms with E-state index in [0.29, 0.717) is 10.9 Å². The Balaban J connectivity index is 1.78. The lowest BCUT2D eigenvalue weighted by Gasteiger charge is -2.20.